The molecule has 0 radical (unpaired) electrons. The van der Waals surface area contributed by atoms with Gasteiger partial charge in [-0.15, -0.1) is 12.4 Å². The molecule has 2 rings (SSSR count). The molecule has 0 unspecified atom stereocenters. The van der Waals surface area contributed by atoms with Crippen LogP contribution in [0, 0.1) is 5.92 Å². The van der Waals surface area contributed by atoms with Crippen molar-refractivity contribution in [2.24, 2.45) is 5.92 Å². The summed E-state index contributed by atoms with van der Waals surface area (Å²) in [6.45, 7) is 8.55. The minimum Gasteiger partial charge on any atom is -0.494 e. The Morgan fingerprint density at radius 1 is 1.12 bits per heavy atom. The topological polar surface area (TPSA) is 50.8 Å². The average molecular weight is 357 g/mol. The van der Waals surface area contributed by atoms with Crippen LogP contribution in [0.15, 0.2) is 24.3 Å². The number of ether oxygens (including phenoxy) is 2. The van der Waals surface area contributed by atoms with Crippen LogP contribution in [0.25, 0.3) is 0 Å². The molecule has 0 spiro atoms. The number of hydrogen-bond donors (Lipinski definition) is 1. The van der Waals surface area contributed by atoms with Crippen LogP contribution in [-0.4, -0.2) is 50.2 Å². The third-order valence-corrected chi connectivity index (χ3v) is 4.15. The largest absolute Gasteiger partial charge is 0.494 e. The fraction of sp³-hybridized carbons (Fsp3) is 0.611. The predicted octanol–water partition coefficient (Wildman–Crippen LogP) is 2.73. The number of carbonyl (C=O) groups excluding carboxylic acids is 1. The van der Waals surface area contributed by atoms with Gasteiger partial charge in [0.1, 0.15) is 11.5 Å². The van der Waals surface area contributed by atoms with Gasteiger partial charge in [-0.05, 0) is 63.0 Å². The highest BCUT2D eigenvalue weighted by Gasteiger charge is 2.22. The van der Waals surface area contributed by atoms with Gasteiger partial charge >= 0.3 is 0 Å². The zero-order chi connectivity index (χ0) is 16.5. The summed E-state index contributed by atoms with van der Waals surface area (Å²) in [7, 11) is 0. The molecule has 1 heterocycles. The maximum Gasteiger partial charge on any atom is 0.260 e. The molecule has 1 aromatic rings. The second-order valence-corrected chi connectivity index (χ2v) is 5.82. The highest BCUT2D eigenvalue weighted by atomic mass is 35.5. The van der Waals surface area contributed by atoms with Gasteiger partial charge in [-0.25, -0.2) is 0 Å². The molecule has 0 aliphatic carbocycles. The van der Waals surface area contributed by atoms with Crippen LogP contribution in [0.2, 0.25) is 0 Å². The van der Waals surface area contributed by atoms with Crippen molar-refractivity contribution in [1.82, 2.24) is 10.2 Å². The van der Waals surface area contributed by atoms with Crippen molar-refractivity contribution in [2.45, 2.75) is 26.7 Å². The van der Waals surface area contributed by atoms with Crippen molar-refractivity contribution in [3.8, 4) is 11.5 Å². The van der Waals surface area contributed by atoms with E-state index in [1.165, 1.54) is 0 Å². The average Bonchev–Trinajstić information content (AvgIpc) is 2.60. The van der Waals surface area contributed by atoms with E-state index in [1.807, 2.05) is 36.1 Å². The molecule has 1 saturated heterocycles. The van der Waals surface area contributed by atoms with Gasteiger partial charge in [0.15, 0.2) is 6.61 Å². The van der Waals surface area contributed by atoms with E-state index in [0.29, 0.717) is 18.3 Å². The first-order valence-electron chi connectivity index (χ1n) is 8.57. The molecule has 136 valence electrons. The van der Waals surface area contributed by atoms with E-state index in [-0.39, 0.29) is 24.9 Å². The number of nitrogens with zero attached hydrogens (tertiary/aromatic N) is 1. The number of amides is 1. The monoisotopic (exact) mass is 356 g/mol. The summed E-state index contributed by atoms with van der Waals surface area (Å²) < 4.78 is 11.0. The van der Waals surface area contributed by atoms with E-state index in [9.17, 15) is 4.79 Å². The fourth-order valence-corrected chi connectivity index (χ4v) is 2.77. The smallest absolute Gasteiger partial charge is 0.260 e. The third-order valence-electron chi connectivity index (χ3n) is 4.15. The van der Waals surface area contributed by atoms with Crippen LogP contribution in [0.3, 0.4) is 0 Å². The normalized spacial score (nSPS) is 14.8. The molecule has 1 fully saturated rings. The Morgan fingerprint density at radius 3 is 2.25 bits per heavy atom. The van der Waals surface area contributed by atoms with E-state index >= 15 is 0 Å². The second kappa shape index (κ2) is 11.2. The first kappa shape index (κ1) is 20.6. The highest BCUT2D eigenvalue weighted by molar-refractivity contribution is 5.85. The lowest BCUT2D eigenvalue weighted by Gasteiger charge is -2.32. The standard InChI is InChI=1S/C18H28N2O3.ClH/c1-3-19-13-15-9-11-20(12-10-15)18(21)14-23-17-7-5-16(6-8-17)22-4-2;/h5-8,15,19H,3-4,9-14H2,1-2H3;1H. The number of likely N-dealkylation sites (tertiary alicyclic amines) is 1. The van der Waals surface area contributed by atoms with Gasteiger partial charge in [0.25, 0.3) is 5.91 Å². The number of carbonyl (C=O) groups is 1. The summed E-state index contributed by atoms with van der Waals surface area (Å²) in [5.74, 6) is 2.27. The van der Waals surface area contributed by atoms with Crippen LogP contribution < -0.4 is 14.8 Å². The van der Waals surface area contributed by atoms with Crippen molar-refractivity contribution < 1.29 is 14.3 Å². The SMILES string of the molecule is CCNCC1CCN(C(=O)COc2ccc(OCC)cc2)CC1.Cl. The summed E-state index contributed by atoms with van der Waals surface area (Å²) in [5, 5.41) is 3.38. The summed E-state index contributed by atoms with van der Waals surface area (Å²) in [6.07, 6.45) is 2.14. The number of nitrogens with one attached hydrogen (secondary N) is 1. The molecule has 1 N–H and O–H groups in total. The van der Waals surface area contributed by atoms with Gasteiger partial charge in [-0.3, -0.25) is 4.79 Å². The molecule has 1 aliphatic heterocycles. The minimum atomic E-state index is 0. The molecule has 1 aromatic carbocycles. The predicted molar refractivity (Wildman–Crippen MR) is 98.2 cm³/mol. The zero-order valence-corrected chi connectivity index (χ0v) is 15.4. The van der Waals surface area contributed by atoms with Gasteiger partial charge < -0.3 is 19.7 Å². The summed E-state index contributed by atoms with van der Waals surface area (Å²) >= 11 is 0. The van der Waals surface area contributed by atoms with E-state index < -0.39 is 0 Å². The first-order valence-corrected chi connectivity index (χ1v) is 8.57. The van der Waals surface area contributed by atoms with Crippen LogP contribution in [0.5, 0.6) is 11.5 Å². The number of hydrogen-bond acceptors (Lipinski definition) is 4. The highest BCUT2D eigenvalue weighted by Crippen LogP contribution is 2.19. The van der Waals surface area contributed by atoms with E-state index in [2.05, 4.69) is 12.2 Å². The molecule has 0 saturated carbocycles. The Bertz CT molecular complexity index is 474. The molecule has 0 aromatic heterocycles. The maximum atomic E-state index is 12.2. The van der Waals surface area contributed by atoms with Crippen LogP contribution >= 0.6 is 12.4 Å². The molecule has 0 bridgehead atoms. The number of piperidine rings is 1. The summed E-state index contributed by atoms with van der Waals surface area (Å²) in [6, 6.07) is 7.38. The van der Waals surface area contributed by atoms with E-state index in [4.69, 9.17) is 9.47 Å². The third kappa shape index (κ3) is 6.57. The summed E-state index contributed by atoms with van der Waals surface area (Å²) in [4.78, 5) is 14.1. The Labute approximate surface area is 151 Å². The van der Waals surface area contributed by atoms with Crippen molar-refractivity contribution in [2.75, 3.05) is 39.4 Å². The Kier molecular flexibility index (Phi) is 9.57. The Balaban J connectivity index is 0.00000288. The van der Waals surface area contributed by atoms with Crippen molar-refractivity contribution in [3.05, 3.63) is 24.3 Å². The quantitative estimate of drug-likeness (QED) is 0.778. The van der Waals surface area contributed by atoms with Crippen molar-refractivity contribution in [3.63, 3.8) is 0 Å². The zero-order valence-electron chi connectivity index (χ0n) is 14.6. The molecule has 1 aliphatic rings. The molecule has 6 heteroatoms. The lowest BCUT2D eigenvalue weighted by molar-refractivity contribution is -0.134. The van der Waals surface area contributed by atoms with Gasteiger partial charge in [0.2, 0.25) is 0 Å². The van der Waals surface area contributed by atoms with Crippen LogP contribution in [0.4, 0.5) is 0 Å². The molecular weight excluding hydrogens is 328 g/mol. The van der Waals surface area contributed by atoms with Gasteiger partial charge in [-0.2, -0.15) is 0 Å². The number of rotatable bonds is 8. The number of benzene rings is 1. The summed E-state index contributed by atoms with van der Waals surface area (Å²) in [5.41, 5.74) is 0. The van der Waals surface area contributed by atoms with Gasteiger partial charge in [0.05, 0.1) is 6.61 Å². The maximum absolute atomic E-state index is 12.2. The fourth-order valence-electron chi connectivity index (χ4n) is 2.77. The van der Waals surface area contributed by atoms with Crippen molar-refractivity contribution in [1.29, 1.82) is 0 Å². The molecular formula is C18H29ClN2O3. The second-order valence-electron chi connectivity index (χ2n) is 5.82. The number of halogens is 1. The van der Waals surface area contributed by atoms with Gasteiger partial charge in [-0.1, -0.05) is 6.92 Å². The first-order chi connectivity index (χ1) is 11.2. The lowest BCUT2D eigenvalue weighted by atomic mass is 9.97. The van der Waals surface area contributed by atoms with Crippen LogP contribution in [0.1, 0.15) is 26.7 Å². The Morgan fingerprint density at radius 2 is 1.71 bits per heavy atom. The van der Waals surface area contributed by atoms with Crippen LogP contribution in [-0.2, 0) is 4.79 Å². The molecule has 5 nitrogen and oxygen atoms in total. The molecule has 0 atom stereocenters. The molecule has 1 amide bonds. The minimum absolute atomic E-state index is 0. The Hall–Kier alpha value is -1.46. The van der Waals surface area contributed by atoms with Crippen molar-refractivity contribution >= 4 is 18.3 Å². The van der Waals surface area contributed by atoms with E-state index in [0.717, 1.165) is 44.8 Å². The van der Waals surface area contributed by atoms with E-state index in [1.54, 1.807) is 0 Å². The van der Waals surface area contributed by atoms with Gasteiger partial charge in [0, 0.05) is 13.1 Å². The molecule has 24 heavy (non-hydrogen) atoms. The lowest BCUT2D eigenvalue weighted by Crippen LogP contribution is -2.42.